The van der Waals surface area contributed by atoms with Gasteiger partial charge in [0.05, 0.1) is 5.69 Å². The Morgan fingerprint density at radius 2 is 1.36 bits per heavy atom. The fourth-order valence-corrected chi connectivity index (χ4v) is 2.38. The van der Waals surface area contributed by atoms with Gasteiger partial charge in [-0.15, -0.1) is 0 Å². The lowest BCUT2D eigenvalue weighted by Gasteiger charge is -2.01. The maximum Gasteiger partial charge on any atom is 0.328 e. The molecule has 25 heavy (non-hydrogen) atoms. The number of aliphatic carboxylic acids is 1. The summed E-state index contributed by atoms with van der Waals surface area (Å²) in [7, 11) is 0. The third kappa shape index (κ3) is 4.75. The van der Waals surface area contributed by atoms with Crippen molar-refractivity contribution < 1.29 is 9.90 Å². The first-order valence-corrected chi connectivity index (χ1v) is 7.91. The molecule has 0 aliphatic carbocycles. The van der Waals surface area contributed by atoms with E-state index in [1.54, 1.807) is 6.08 Å². The van der Waals surface area contributed by atoms with Gasteiger partial charge in [0.25, 0.3) is 0 Å². The Morgan fingerprint density at radius 1 is 0.760 bits per heavy atom. The third-order valence-corrected chi connectivity index (χ3v) is 3.69. The quantitative estimate of drug-likeness (QED) is 0.517. The first-order chi connectivity index (χ1) is 12.2. The zero-order chi connectivity index (χ0) is 17.5. The Labute approximate surface area is 146 Å². The minimum absolute atomic E-state index is 0.819. The molecule has 122 valence electrons. The zero-order valence-corrected chi connectivity index (χ0v) is 13.5. The number of aliphatic imine (C=N–C) groups is 1. The van der Waals surface area contributed by atoms with E-state index in [0.29, 0.717) is 0 Å². The maximum absolute atomic E-state index is 10.5. The second-order valence-corrected chi connectivity index (χ2v) is 5.51. The molecule has 3 aromatic carbocycles. The average Bonchev–Trinajstić information content (AvgIpc) is 2.66. The number of hydrogen-bond donors (Lipinski definition) is 1. The summed E-state index contributed by atoms with van der Waals surface area (Å²) in [6.45, 7) is 0. The molecule has 3 aromatic rings. The first kappa shape index (κ1) is 16.4. The summed E-state index contributed by atoms with van der Waals surface area (Å²) >= 11 is 0. The summed E-state index contributed by atoms with van der Waals surface area (Å²) in [5.74, 6) is -0.957. The lowest BCUT2D eigenvalue weighted by Crippen LogP contribution is -1.85. The number of carboxylic acids is 1. The van der Waals surface area contributed by atoms with Crippen molar-refractivity contribution in [3.63, 3.8) is 0 Å². The van der Waals surface area contributed by atoms with Gasteiger partial charge >= 0.3 is 5.97 Å². The summed E-state index contributed by atoms with van der Waals surface area (Å²) < 4.78 is 0. The van der Waals surface area contributed by atoms with Crippen molar-refractivity contribution in [2.45, 2.75) is 0 Å². The van der Waals surface area contributed by atoms with E-state index in [1.165, 1.54) is 11.1 Å². The van der Waals surface area contributed by atoms with Crippen LogP contribution in [0.15, 0.2) is 89.9 Å². The Hall–Kier alpha value is -3.46. The molecular weight excluding hydrogens is 310 g/mol. The SMILES string of the molecule is O=C(O)C=Cc1ccc(N=Cc2ccc(-c3ccccc3)cc2)cc1. The Morgan fingerprint density at radius 3 is 2.00 bits per heavy atom. The van der Waals surface area contributed by atoms with Crippen LogP contribution in [0.5, 0.6) is 0 Å². The van der Waals surface area contributed by atoms with Crippen molar-refractivity contribution in [1.29, 1.82) is 0 Å². The molecular formula is C22H17NO2. The lowest BCUT2D eigenvalue weighted by atomic mass is 10.0. The molecule has 0 saturated heterocycles. The van der Waals surface area contributed by atoms with Crippen molar-refractivity contribution in [2.75, 3.05) is 0 Å². The summed E-state index contributed by atoms with van der Waals surface area (Å²) in [4.78, 5) is 15.0. The molecule has 0 fully saturated rings. The number of benzene rings is 3. The second kappa shape index (κ2) is 7.88. The molecule has 0 aromatic heterocycles. The molecule has 1 N–H and O–H groups in total. The normalized spacial score (nSPS) is 11.2. The molecule has 0 amide bonds. The van der Waals surface area contributed by atoms with E-state index in [-0.39, 0.29) is 0 Å². The molecule has 0 saturated carbocycles. The van der Waals surface area contributed by atoms with Gasteiger partial charge in [-0.25, -0.2) is 4.79 Å². The molecule has 0 aliphatic rings. The zero-order valence-electron chi connectivity index (χ0n) is 13.5. The highest BCUT2D eigenvalue weighted by Crippen LogP contribution is 2.19. The lowest BCUT2D eigenvalue weighted by molar-refractivity contribution is -0.131. The fourth-order valence-electron chi connectivity index (χ4n) is 2.38. The highest BCUT2D eigenvalue weighted by Gasteiger charge is 1.96. The fraction of sp³-hybridized carbons (Fsp3) is 0. The Balaban J connectivity index is 1.68. The number of nitrogens with zero attached hydrogens (tertiary/aromatic N) is 1. The van der Waals surface area contributed by atoms with Gasteiger partial charge in [0.2, 0.25) is 0 Å². The largest absolute Gasteiger partial charge is 0.478 e. The first-order valence-electron chi connectivity index (χ1n) is 7.91. The van der Waals surface area contributed by atoms with Crippen LogP contribution >= 0.6 is 0 Å². The van der Waals surface area contributed by atoms with E-state index in [1.807, 2.05) is 60.8 Å². The van der Waals surface area contributed by atoms with Crippen LogP contribution in [0.2, 0.25) is 0 Å². The highest BCUT2D eigenvalue weighted by atomic mass is 16.4. The minimum Gasteiger partial charge on any atom is -0.478 e. The van der Waals surface area contributed by atoms with Crippen LogP contribution < -0.4 is 0 Å². The molecule has 0 heterocycles. The van der Waals surface area contributed by atoms with Gasteiger partial charge in [0, 0.05) is 12.3 Å². The topological polar surface area (TPSA) is 49.7 Å². The van der Waals surface area contributed by atoms with Gasteiger partial charge in [-0.3, -0.25) is 4.99 Å². The van der Waals surface area contributed by atoms with Gasteiger partial charge in [-0.1, -0.05) is 66.7 Å². The molecule has 0 atom stereocenters. The van der Waals surface area contributed by atoms with E-state index >= 15 is 0 Å². The van der Waals surface area contributed by atoms with Crippen LogP contribution in [-0.2, 0) is 4.79 Å². The second-order valence-electron chi connectivity index (χ2n) is 5.51. The molecule has 3 nitrogen and oxygen atoms in total. The van der Waals surface area contributed by atoms with Gasteiger partial charge in [-0.05, 0) is 40.5 Å². The van der Waals surface area contributed by atoms with Gasteiger partial charge in [0.15, 0.2) is 0 Å². The van der Waals surface area contributed by atoms with E-state index in [4.69, 9.17) is 5.11 Å². The van der Waals surface area contributed by atoms with Crippen molar-refractivity contribution >= 4 is 23.9 Å². The van der Waals surface area contributed by atoms with E-state index in [0.717, 1.165) is 22.9 Å². The molecule has 0 radical (unpaired) electrons. The maximum atomic E-state index is 10.5. The summed E-state index contributed by atoms with van der Waals surface area (Å²) in [6.07, 6.45) is 4.49. The van der Waals surface area contributed by atoms with Crippen LogP contribution in [0.25, 0.3) is 17.2 Å². The molecule has 3 rings (SSSR count). The van der Waals surface area contributed by atoms with E-state index < -0.39 is 5.97 Å². The van der Waals surface area contributed by atoms with Crippen LogP contribution in [0.1, 0.15) is 11.1 Å². The van der Waals surface area contributed by atoms with Crippen molar-refractivity contribution in [3.8, 4) is 11.1 Å². The van der Waals surface area contributed by atoms with E-state index in [2.05, 4.69) is 29.3 Å². The average molecular weight is 327 g/mol. The Kier molecular flexibility index (Phi) is 5.17. The number of rotatable bonds is 5. The van der Waals surface area contributed by atoms with Crippen LogP contribution in [0.3, 0.4) is 0 Å². The number of hydrogen-bond acceptors (Lipinski definition) is 2. The summed E-state index contributed by atoms with van der Waals surface area (Å²) in [5, 5.41) is 8.62. The highest BCUT2D eigenvalue weighted by molar-refractivity contribution is 5.85. The standard InChI is InChI=1S/C22H17NO2/c24-22(25)15-10-17-8-13-21(14-9-17)23-16-18-6-11-20(12-7-18)19-4-2-1-3-5-19/h1-16H,(H,24,25). The van der Waals surface area contributed by atoms with Gasteiger partial charge in [0.1, 0.15) is 0 Å². The molecule has 0 spiro atoms. The Bertz CT molecular complexity index is 893. The minimum atomic E-state index is -0.957. The summed E-state index contributed by atoms with van der Waals surface area (Å²) in [6, 6.07) is 25.9. The van der Waals surface area contributed by atoms with Crippen molar-refractivity contribution in [3.05, 3.63) is 96.1 Å². The van der Waals surface area contributed by atoms with Gasteiger partial charge in [-0.2, -0.15) is 0 Å². The van der Waals surface area contributed by atoms with Crippen molar-refractivity contribution in [1.82, 2.24) is 0 Å². The number of carbonyl (C=O) groups is 1. The molecule has 0 bridgehead atoms. The van der Waals surface area contributed by atoms with Crippen LogP contribution in [0, 0.1) is 0 Å². The predicted molar refractivity (Wildman–Crippen MR) is 102 cm³/mol. The summed E-state index contributed by atoms with van der Waals surface area (Å²) in [5.41, 5.74) is 5.03. The smallest absolute Gasteiger partial charge is 0.328 e. The van der Waals surface area contributed by atoms with Crippen LogP contribution in [-0.4, -0.2) is 17.3 Å². The van der Waals surface area contributed by atoms with Crippen LogP contribution in [0.4, 0.5) is 5.69 Å². The number of carboxylic acid groups (broad SMARTS) is 1. The monoisotopic (exact) mass is 327 g/mol. The molecule has 0 aliphatic heterocycles. The molecule has 3 heteroatoms. The van der Waals surface area contributed by atoms with Gasteiger partial charge < -0.3 is 5.11 Å². The van der Waals surface area contributed by atoms with E-state index in [9.17, 15) is 4.79 Å². The van der Waals surface area contributed by atoms with Crippen molar-refractivity contribution in [2.24, 2.45) is 4.99 Å². The predicted octanol–water partition coefficient (Wildman–Crippen LogP) is 5.20. The third-order valence-electron chi connectivity index (χ3n) is 3.69. The molecule has 0 unspecified atom stereocenters.